The van der Waals surface area contributed by atoms with E-state index in [9.17, 15) is 9.59 Å². The zero-order valence-corrected chi connectivity index (χ0v) is 15.9. The van der Waals surface area contributed by atoms with Crippen LogP contribution < -0.4 is 15.8 Å². The predicted molar refractivity (Wildman–Crippen MR) is 102 cm³/mol. The van der Waals surface area contributed by atoms with Crippen LogP contribution in [0.2, 0.25) is 5.02 Å². The molecule has 1 saturated heterocycles. The highest BCUT2D eigenvalue weighted by Gasteiger charge is 2.17. The molecule has 0 unspecified atom stereocenters. The number of likely N-dealkylation sites (tertiary alicyclic amines) is 1. The minimum Gasteiger partial charge on any atom is -0.496 e. The molecule has 3 N–H and O–H groups in total. The SMILES string of the molecule is COc1cc(N)c(Cl)cc1C(=O)NCCC(=O)N1CCCCCC1.Cl. The summed E-state index contributed by atoms with van der Waals surface area (Å²) in [6.07, 6.45) is 4.76. The monoisotopic (exact) mass is 389 g/mol. The first kappa shape index (κ1) is 21.4. The van der Waals surface area contributed by atoms with Crippen LogP contribution in [-0.2, 0) is 4.79 Å². The molecular formula is C17H25Cl2N3O3. The topological polar surface area (TPSA) is 84.7 Å². The van der Waals surface area contributed by atoms with Gasteiger partial charge in [-0.2, -0.15) is 0 Å². The maximum atomic E-state index is 12.3. The Kier molecular flexibility index (Phi) is 8.86. The highest BCUT2D eigenvalue weighted by Crippen LogP contribution is 2.28. The van der Waals surface area contributed by atoms with Crippen molar-refractivity contribution in [3.63, 3.8) is 0 Å². The summed E-state index contributed by atoms with van der Waals surface area (Å²) in [7, 11) is 1.46. The van der Waals surface area contributed by atoms with Crippen LogP contribution in [0.5, 0.6) is 5.75 Å². The molecule has 0 bridgehead atoms. The number of halogens is 2. The summed E-state index contributed by atoms with van der Waals surface area (Å²) in [5.41, 5.74) is 6.36. The molecule has 1 aromatic rings. The van der Waals surface area contributed by atoms with E-state index in [4.69, 9.17) is 22.1 Å². The Morgan fingerprint density at radius 3 is 2.48 bits per heavy atom. The number of methoxy groups -OCH3 is 1. The summed E-state index contributed by atoms with van der Waals surface area (Å²) in [4.78, 5) is 26.4. The maximum Gasteiger partial charge on any atom is 0.255 e. The van der Waals surface area contributed by atoms with Crippen molar-refractivity contribution in [2.24, 2.45) is 0 Å². The van der Waals surface area contributed by atoms with E-state index < -0.39 is 0 Å². The number of nitrogens with two attached hydrogens (primary N) is 1. The average molecular weight is 390 g/mol. The number of hydrogen-bond donors (Lipinski definition) is 2. The summed E-state index contributed by atoms with van der Waals surface area (Å²) in [5.74, 6) is 0.102. The minimum absolute atomic E-state index is 0. The van der Waals surface area contributed by atoms with Crippen molar-refractivity contribution in [3.8, 4) is 5.75 Å². The first-order valence-electron chi connectivity index (χ1n) is 8.22. The molecule has 1 aromatic carbocycles. The Hall–Kier alpha value is -1.66. The van der Waals surface area contributed by atoms with Crippen molar-refractivity contribution in [1.82, 2.24) is 10.2 Å². The molecule has 0 radical (unpaired) electrons. The highest BCUT2D eigenvalue weighted by atomic mass is 35.5. The van der Waals surface area contributed by atoms with E-state index in [2.05, 4.69) is 5.32 Å². The number of nitrogens with one attached hydrogen (secondary N) is 1. The van der Waals surface area contributed by atoms with E-state index in [1.807, 2.05) is 4.90 Å². The number of nitrogens with zero attached hydrogens (tertiary/aromatic N) is 1. The number of amides is 2. The van der Waals surface area contributed by atoms with Gasteiger partial charge >= 0.3 is 0 Å². The van der Waals surface area contributed by atoms with Crippen molar-refractivity contribution in [2.75, 3.05) is 32.5 Å². The number of rotatable bonds is 5. The van der Waals surface area contributed by atoms with E-state index in [0.29, 0.717) is 22.0 Å². The number of anilines is 1. The van der Waals surface area contributed by atoms with Gasteiger partial charge in [-0.15, -0.1) is 12.4 Å². The summed E-state index contributed by atoms with van der Waals surface area (Å²) >= 11 is 5.97. The fourth-order valence-electron chi connectivity index (χ4n) is 2.77. The summed E-state index contributed by atoms with van der Waals surface area (Å²) in [6, 6.07) is 2.99. The van der Waals surface area contributed by atoms with Crippen LogP contribution >= 0.6 is 24.0 Å². The van der Waals surface area contributed by atoms with Gasteiger partial charge < -0.3 is 20.7 Å². The van der Waals surface area contributed by atoms with Gasteiger partial charge in [0.15, 0.2) is 0 Å². The molecule has 0 saturated carbocycles. The number of hydrogen-bond acceptors (Lipinski definition) is 4. The molecular weight excluding hydrogens is 365 g/mol. The molecule has 140 valence electrons. The standard InChI is InChI=1S/C17H24ClN3O3.ClH/c1-24-15-11-14(19)13(18)10-12(15)17(23)20-7-6-16(22)21-8-4-2-3-5-9-21;/h10-11H,2-9,19H2,1H3,(H,20,23);1H. The van der Waals surface area contributed by atoms with Crippen LogP contribution in [0, 0.1) is 0 Å². The van der Waals surface area contributed by atoms with E-state index >= 15 is 0 Å². The second-order valence-corrected chi connectivity index (χ2v) is 6.28. The molecule has 1 fully saturated rings. The van der Waals surface area contributed by atoms with Gasteiger partial charge in [-0.3, -0.25) is 9.59 Å². The molecule has 8 heteroatoms. The lowest BCUT2D eigenvalue weighted by atomic mass is 10.1. The van der Waals surface area contributed by atoms with Gasteiger partial charge in [0.05, 0.1) is 23.4 Å². The zero-order valence-electron chi connectivity index (χ0n) is 14.3. The quantitative estimate of drug-likeness (QED) is 0.758. The number of nitrogen functional groups attached to an aromatic ring is 1. The third-order valence-electron chi connectivity index (χ3n) is 4.15. The third kappa shape index (κ3) is 5.97. The Morgan fingerprint density at radius 1 is 1.24 bits per heavy atom. The second-order valence-electron chi connectivity index (χ2n) is 5.87. The number of carbonyl (C=O) groups is 2. The van der Waals surface area contributed by atoms with E-state index in [1.165, 1.54) is 32.1 Å². The Bertz CT molecular complexity index is 603. The van der Waals surface area contributed by atoms with Crippen LogP contribution in [0.25, 0.3) is 0 Å². The molecule has 2 rings (SSSR count). The fourth-order valence-corrected chi connectivity index (χ4v) is 2.94. The fraction of sp³-hybridized carbons (Fsp3) is 0.529. The molecule has 0 aliphatic carbocycles. The van der Waals surface area contributed by atoms with Crippen LogP contribution in [0.4, 0.5) is 5.69 Å². The molecule has 1 aliphatic rings. The first-order valence-corrected chi connectivity index (χ1v) is 8.59. The summed E-state index contributed by atoms with van der Waals surface area (Å²) < 4.78 is 5.16. The predicted octanol–water partition coefficient (Wildman–Crippen LogP) is 2.88. The molecule has 25 heavy (non-hydrogen) atoms. The lowest BCUT2D eigenvalue weighted by Gasteiger charge is -2.20. The van der Waals surface area contributed by atoms with Gasteiger partial charge in [-0.1, -0.05) is 24.4 Å². The van der Waals surface area contributed by atoms with E-state index in [-0.39, 0.29) is 37.2 Å². The van der Waals surface area contributed by atoms with Crippen molar-refractivity contribution >= 4 is 41.5 Å². The zero-order chi connectivity index (χ0) is 17.5. The van der Waals surface area contributed by atoms with Gasteiger partial charge in [-0.05, 0) is 18.9 Å². The molecule has 0 aromatic heterocycles. The molecule has 1 aliphatic heterocycles. The van der Waals surface area contributed by atoms with Crippen LogP contribution in [-0.4, -0.2) is 43.5 Å². The molecule has 2 amide bonds. The van der Waals surface area contributed by atoms with Crippen LogP contribution in [0.3, 0.4) is 0 Å². The van der Waals surface area contributed by atoms with Crippen molar-refractivity contribution < 1.29 is 14.3 Å². The lowest BCUT2D eigenvalue weighted by Crippen LogP contribution is -2.35. The van der Waals surface area contributed by atoms with E-state index in [1.54, 1.807) is 0 Å². The number of ether oxygens (including phenoxy) is 1. The summed E-state index contributed by atoms with van der Waals surface area (Å²) in [6.45, 7) is 1.90. The van der Waals surface area contributed by atoms with Crippen molar-refractivity contribution in [1.29, 1.82) is 0 Å². The minimum atomic E-state index is -0.336. The largest absolute Gasteiger partial charge is 0.496 e. The third-order valence-corrected chi connectivity index (χ3v) is 4.47. The Balaban J connectivity index is 0.00000312. The average Bonchev–Trinajstić information content (AvgIpc) is 2.86. The number of carbonyl (C=O) groups excluding carboxylic acids is 2. The van der Waals surface area contributed by atoms with Gasteiger partial charge in [0, 0.05) is 32.1 Å². The molecule has 0 spiro atoms. The van der Waals surface area contributed by atoms with Gasteiger partial charge in [0.1, 0.15) is 5.75 Å². The van der Waals surface area contributed by atoms with Crippen LogP contribution in [0.15, 0.2) is 12.1 Å². The van der Waals surface area contributed by atoms with Crippen molar-refractivity contribution in [3.05, 3.63) is 22.7 Å². The van der Waals surface area contributed by atoms with Crippen LogP contribution in [0.1, 0.15) is 42.5 Å². The number of benzene rings is 1. The maximum absolute atomic E-state index is 12.3. The Morgan fingerprint density at radius 2 is 1.88 bits per heavy atom. The van der Waals surface area contributed by atoms with Gasteiger partial charge in [0.25, 0.3) is 5.91 Å². The smallest absolute Gasteiger partial charge is 0.255 e. The molecule has 6 nitrogen and oxygen atoms in total. The van der Waals surface area contributed by atoms with Gasteiger partial charge in [0.2, 0.25) is 5.91 Å². The summed E-state index contributed by atoms with van der Waals surface area (Å²) in [5, 5.41) is 3.03. The lowest BCUT2D eigenvalue weighted by molar-refractivity contribution is -0.131. The molecule has 1 heterocycles. The first-order chi connectivity index (χ1) is 11.5. The molecule has 0 atom stereocenters. The van der Waals surface area contributed by atoms with Crippen molar-refractivity contribution in [2.45, 2.75) is 32.1 Å². The normalized spacial score (nSPS) is 14.2. The van der Waals surface area contributed by atoms with Gasteiger partial charge in [-0.25, -0.2) is 0 Å². The highest BCUT2D eigenvalue weighted by molar-refractivity contribution is 6.33. The Labute approximate surface area is 159 Å². The second kappa shape index (κ2) is 10.4. The van der Waals surface area contributed by atoms with E-state index in [0.717, 1.165) is 25.9 Å².